The highest BCUT2D eigenvalue weighted by atomic mass is 32.2. The van der Waals surface area contributed by atoms with Gasteiger partial charge in [0.15, 0.2) is 0 Å². The molecule has 1 fully saturated rings. The Balaban J connectivity index is 2.09. The smallest absolute Gasteiger partial charge is 0.243 e. The largest absolute Gasteiger partial charge is 0.493 e. The van der Waals surface area contributed by atoms with Crippen LogP contribution in [0.2, 0.25) is 0 Å². The van der Waals surface area contributed by atoms with Crippen molar-refractivity contribution in [2.45, 2.75) is 44.0 Å². The molecule has 0 aromatic heterocycles. The van der Waals surface area contributed by atoms with Gasteiger partial charge >= 0.3 is 0 Å². The van der Waals surface area contributed by atoms with Crippen LogP contribution in [0.3, 0.4) is 0 Å². The summed E-state index contributed by atoms with van der Waals surface area (Å²) in [5, 5.41) is 4.89. The van der Waals surface area contributed by atoms with Crippen LogP contribution in [-0.4, -0.2) is 45.0 Å². The monoisotopic (exact) mass is 376 g/mol. The second kappa shape index (κ2) is 8.37. The Labute approximate surface area is 156 Å². The minimum atomic E-state index is -3.57. The summed E-state index contributed by atoms with van der Waals surface area (Å²) in [5.41, 5.74) is 0. The fraction of sp³-hybridized carbons (Fsp3) is 0.500. The van der Waals surface area contributed by atoms with Crippen molar-refractivity contribution in [2.75, 3.05) is 26.2 Å². The van der Waals surface area contributed by atoms with Gasteiger partial charge in [-0.3, -0.25) is 0 Å². The molecular formula is C20H28N2O3S. The van der Waals surface area contributed by atoms with Gasteiger partial charge in [0, 0.05) is 23.4 Å². The molecule has 0 amide bonds. The fourth-order valence-electron chi connectivity index (χ4n) is 3.69. The lowest BCUT2D eigenvalue weighted by Gasteiger charge is -2.34. The van der Waals surface area contributed by atoms with Gasteiger partial charge in [-0.15, -0.1) is 0 Å². The van der Waals surface area contributed by atoms with Gasteiger partial charge in [0.1, 0.15) is 5.75 Å². The van der Waals surface area contributed by atoms with E-state index in [4.69, 9.17) is 4.74 Å². The maximum absolute atomic E-state index is 13.6. The molecule has 5 nitrogen and oxygen atoms in total. The SMILES string of the molecule is CCCN(C1CCNCC1)S(=O)(=O)c1ccc(OCC)c2ccccc12. The quantitative estimate of drug-likeness (QED) is 0.805. The molecule has 0 radical (unpaired) electrons. The molecule has 1 aliphatic rings. The zero-order chi connectivity index (χ0) is 18.6. The third-order valence-corrected chi connectivity index (χ3v) is 6.90. The molecule has 2 aromatic carbocycles. The van der Waals surface area contributed by atoms with Crippen molar-refractivity contribution in [3.63, 3.8) is 0 Å². The number of hydrogen-bond acceptors (Lipinski definition) is 4. The minimum Gasteiger partial charge on any atom is -0.493 e. The molecule has 26 heavy (non-hydrogen) atoms. The average Bonchev–Trinajstić information content (AvgIpc) is 2.67. The first-order valence-corrected chi connectivity index (χ1v) is 10.9. The summed E-state index contributed by atoms with van der Waals surface area (Å²) in [6.07, 6.45) is 2.51. The summed E-state index contributed by atoms with van der Waals surface area (Å²) < 4.78 is 34.6. The molecule has 6 heteroatoms. The highest BCUT2D eigenvalue weighted by Crippen LogP contribution is 2.34. The number of hydrogen-bond donors (Lipinski definition) is 1. The summed E-state index contributed by atoms with van der Waals surface area (Å²) in [5.74, 6) is 0.728. The van der Waals surface area contributed by atoms with Gasteiger partial charge in [-0.25, -0.2) is 8.42 Å². The predicted molar refractivity (Wildman–Crippen MR) is 105 cm³/mol. The van der Waals surface area contributed by atoms with E-state index in [0.29, 0.717) is 18.0 Å². The van der Waals surface area contributed by atoms with E-state index in [1.54, 1.807) is 16.4 Å². The van der Waals surface area contributed by atoms with Crippen LogP contribution >= 0.6 is 0 Å². The number of sulfonamides is 1. The van der Waals surface area contributed by atoms with E-state index in [-0.39, 0.29) is 6.04 Å². The summed E-state index contributed by atoms with van der Waals surface area (Å²) in [7, 11) is -3.57. The first-order chi connectivity index (χ1) is 12.6. The van der Waals surface area contributed by atoms with Crippen molar-refractivity contribution in [3.05, 3.63) is 36.4 Å². The van der Waals surface area contributed by atoms with Gasteiger partial charge in [0.2, 0.25) is 10.0 Å². The van der Waals surface area contributed by atoms with Crippen molar-refractivity contribution < 1.29 is 13.2 Å². The lowest BCUT2D eigenvalue weighted by molar-refractivity contribution is 0.262. The molecule has 0 aliphatic carbocycles. The van der Waals surface area contributed by atoms with Gasteiger partial charge in [-0.05, 0) is 51.4 Å². The first kappa shape index (κ1) is 19.1. The van der Waals surface area contributed by atoms with E-state index < -0.39 is 10.0 Å². The van der Waals surface area contributed by atoms with Crippen molar-refractivity contribution >= 4 is 20.8 Å². The van der Waals surface area contributed by atoms with Crippen LogP contribution in [0.15, 0.2) is 41.3 Å². The topological polar surface area (TPSA) is 58.6 Å². The molecule has 0 bridgehead atoms. The lowest BCUT2D eigenvalue weighted by Crippen LogP contribution is -2.46. The van der Waals surface area contributed by atoms with Crippen LogP contribution in [0, 0.1) is 0 Å². The van der Waals surface area contributed by atoms with E-state index >= 15 is 0 Å². The molecule has 1 N–H and O–H groups in total. The maximum atomic E-state index is 13.6. The third-order valence-electron chi connectivity index (χ3n) is 4.89. The number of nitrogens with zero attached hydrogens (tertiary/aromatic N) is 1. The van der Waals surface area contributed by atoms with E-state index in [1.807, 2.05) is 38.1 Å². The molecule has 1 heterocycles. The zero-order valence-electron chi connectivity index (χ0n) is 15.6. The Hall–Kier alpha value is -1.63. The van der Waals surface area contributed by atoms with Crippen molar-refractivity contribution in [1.82, 2.24) is 9.62 Å². The molecule has 1 saturated heterocycles. The van der Waals surface area contributed by atoms with Gasteiger partial charge in [0.05, 0.1) is 11.5 Å². The van der Waals surface area contributed by atoms with Crippen molar-refractivity contribution in [1.29, 1.82) is 0 Å². The molecular weight excluding hydrogens is 348 g/mol. The van der Waals surface area contributed by atoms with Crippen LogP contribution in [-0.2, 0) is 10.0 Å². The summed E-state index contributed by atoms with van der Waals surface area (Å²) in [6, 6.07) is 11.1. The molecule has 0 saturated carbocycles. The Morgan fingerprint density at radius 2 is 1.77 bits per heavy atom. The zero-order valence-corrected chi connectivity index (χ0v) is 16.4. The predicted octanol–water partition coefficient (Wildman–Crippen LogP) is 3.39. The Morgan fingerprint density at radius 1 is 1.08 bits per heavy atom. The number of rotatable bonds is 7. The van der Waals surface area contributed by atoms with Crippen LogP contribution in [0.5, 0.6) is 5.75 Å². The van der Waals surface area contributed by atoms with Gasteiger partial charge in [-0.1, -0.05) is 31.2 Å². The summed E-state index contributed by atoms with van der Waals surface area (Å²) in [4.78, 5) is 0.378. The molecule has 2 aromatic rings. The highest BCUT2D eigenvalue weighted by Gasteiger charge is 2.33. The van der Waals surface area contributed by atoms with Gasteiger partial charge < -0.3 is 10.1 Å². The highest BCUT2D eigenvalue weighted by molar-refractivity contribution is 7.89. The van der Waals surface area contributed by atoms with E-state index in [2.05, 4.69) is 5.32 Å². The van der Waals surface area contributed by atoms with E-state index in [9.17, 15) is 8.42 Å². The number of piperidine rings is 1. The molecule has 142 valence electrons. The average molecular weight is 377 g/mol. The Morgan fingerprint density at radius 3 is 2.42 bits per heavy atom. The lowest BCUT2D eigenvalue weighted by atomic mass is 10.1. The van der Waals surface area contributed by atoms with Crippen LogP contribution in [0.25, 0.3) is 10.8 Å². The van der Waals surface area contributed by atoms with E-state index in [0.717, 1.165) is 48.9 Å². The number of benzene rings is 2. The normalized spacial score (nSPS) is 16.3. The first-order valence-electron chi connectivity index (χ1n) is 9.46. The number of ether oxygens (including phenoxy) is 1. The Kier molecular flexibility index (Phi) is 6.16. The maximum Gasteiger partial charge on any atom is 0.243 e. The molecule has 3 rings (SSSR count). The third kappa shape index (κ3) is 3.72. The summed E-state index contributed by atoms with van der Waals surface area (Å²) in [6.45, 7) is 6.79. The van der Waals surface area contributed by atoms with Gasteiger partial charge in [0.25, 0.3) is 0 Å². The van der Waals surface area contributed by atoms with E-state index in [1.165, 1.54) is 0 Å². The molecule has 1 aliphatic heterocycles. The van der Waals surface area contributed by atoms with Crippen LogP contribution in [0.1, 0.15) is 33.1 Å². The standard InChI is InChI=1S/C20H28N2O3S/c1-3-15-22(16-11-13-21-14-12-16)26(23,24)20-10-9-19(25-4-2)17-7-5-6-8-18(17)20/h5-10,16,21H,3-4,11-15H2,1-2H3. The molecule has 0 atom stereocenters. The molecule has 0 unspecified atom stereocenters. The van der Waals surface area contributed by atoms with Crippen molar-refractivity contribution in [3.8, 4) is 5.75 Å². The molecule has 0 spiro atoms. The fourth-order valence-corrected chi connectivity index (χ4v) is 5.67. The second-order valence-corrected chi connectivity index (χ2v) is 8.50. The van der Waals surface area contributed by atoms with Gasteiger partial charge in [-0.2, -0.15) is 4.31 Å². The number of nitrogens with one attached hydrogen (secondary N) is 1. The number of fused-ring (bicyclic) bond motifs is 1. The Bertz CT molecular complexity index is 845. The second-order valence-electron chi connectivity index (χ2n) is 6.64. The van der Waals surface area contributed by atoms with Crippen molar-refractivity contribution in [2.24, 2.45) is 0 Å². The summed E-state index contributed by atoms with van der Waals surface area (Å²) >= 11 is 0. The van der Waals surface area contributed by atoms with Crippen LogP contribution in [0.4, 0.5) is 0 Å². The minimum absolute atomic E-state index is 0.0616. The van der Waals surface area contributed by atoms with Crippen LogP contribution < -0.4 is 10.1 Å².